The van der Waals surface area contributed by atoms with Gasteiger partial charge >= 0.3 is 0 Å². The number of aromatic amines is 1. The van der Waals surface area contributed by atoms with Crippen LogP contribution in [-0.4, -0.2) is 16.8 Å². The molecule has 0 amide bonds. The first-order valence-electron chi connectivity index (χ1n) is 9.88. The molecule has 1 aliphatic rings. The number of nitrogens with zero attached hydrogens (tertiary/aromatic N) is 2. The van der Waals surface area contributed by atoms with E-state index in [1.165, 1.54) is 0 Å². The summed E-state index contributed by atoms with van der Waals surface area (Å²) in [4.78, 5) is 0. The Morgan fingerprint density at radius 2 is 2.03 bits per heavy atom. The summed E-state index contributed by atoms with van der Waals surface area (Å²) in [5.74, 6) is 1.28. The van der Waals surface area contributed by atoms with Crippen molar-refractivity contribution in [2.45, 2.75) is 26.4 Å². The highest BCUT2D eigenvalue weighted by atomic mass is 127. The number of benzene rings is 2. The van der Waals surface area contributed by atoms with Crippen molar-refractivity contribution in [3.8, 4) is 23.4 Å². The fourth-order valence-electron chi connectivity index (χ4n) is 3.63. The quantitative estimate of drug-likeness (QED) is 0.370. The Morgan fingerprint density at radius 1 is 1.28 bits per heavy atom. The molecule has 0 aliphatic carbocycles. The molecule has 0 saturated carbocycles. The highest BCUT2D eigenvalue weighted by molar-refractivity contribution is 14.1. The zero-order valence-electron chi connectivity index (χ0n) is 17.4. The van der Waals surface area contributed by atoms with Crippen LogP contribution >= 0.6 is 38.5 Å². The van der Waals surface area contributed by atoms with Gasteiger partial charge < -0.3 is 19.9 Å². The third-order valence-corrected chi connectivity index (χ3v) is 6.42. The first-order chi connectivity index (χ1) is 15.4. The first kappa shape index (κ1) is 22.5. The summed E-state index contributed by atoms with van der Waals surface area (Å²) < 4.78 is 19.5. The van der Waals surface area contributed by atoms with Crippen molar-refractivity contribution in [3.05, 3.63) is 78.3 Å². The van der Waals surface area contributed by atoms with Crippen LogP contribution in [0.2, 0.25) is 0 Å². The zero-order chi connectivity index (χ0) is 22.8. The molecule has 4 rings (SSSR count). The molecule has 2 aromatic carbocycles. The van der Waals surface area contributed by atoms with Gasteiger partial charge in [0.1, 0.15) is 18.2 Å². The molecule has 1 atom stereocenters. The van der Waals surface area contributed by atoms with E-state index < -0.39 is 5.92 Å². The minimum absolute atomic E-state index is 0.0556. The van der Waals surface area contributed by atoms with E-state index in [4.69, 9.17) is 19.9 Å². The maximum Gasteiger partial charge on any atom is 0.244 e. The molecule has 0 radical (unpaired) electrons. The number of rotatable bonds is 6. The lowest BCUT2D eigenvalue weighted by Gasteiger charge is -2.25. The van der Waals surface area contributed by atoms with Crippen LogP contribution in [0.5, 0.6) is 17.4 Å². The Hall–Kier alpha value is -2.71. The predicted molar refractivity (Wildman–Crippen MR) is 131 cm³/mol. The lowest BCUT2D eigenvalue weighted by molar-refractivity contribution is 0.267. The van der Waals surface area contributed by atoms with E-state index in [0.29, 0.717) is 36.2 Å². The number of nitrogens with two attached hydrogens (primary N) is 1. The van der Waals surface area contributed by atoms with Gasteiger partial charge in [-0.3, -0.25) is 5.10 Å². The van der Waals surface area contributed by atoms with Gasteiger partial charge in [-0.2, -0.15) is 5.26 Å². The monoisotopic (exact) mass is 606 g/mol. The van der Waals surface area contributed by atoms with Crippen LogP contribution in [0.3, 0.4) is 0 Å². The summed E-state index contributed by atoms with van der Waals surface area (Å²) >= 11 is 5.68. The van der Waals surface area contributed by atoms with Gasteiger partial charge in [-0.1, -0.05) is 28.1 Å². The first-order valence-corrected chi connectivity index (χ1v) is 11.8. The van der Waals surface area contributed by atoms with Gasteiger partial charge in [0.25, 0.3) is 0 Å². The molecule has 7 nitrogen and oxygen atoms in total. The highest BCUT2D eigenvalue weighted by Gasteiger charge is 2.35. The van der Waals surface area contributed by atoms with E-state index in [0.717, 1.165) is 30.4 Å². The van der Waals surface area contributed by atoms with Crippen molar-refractivity contribution in [2.75, 3.05) is 6.61 Å². The Labute approximate surface area is 207 Å². The van der Waals surface area contributed by atoms with E-state index in [9.17, 15) is 5.26 Å². The number of H-pyrrole nitrogens is 1. The second-order valence-electron chi connectivity index (χ2n) is 7.17. The molecule has 3 N–H and O–H groups in total. The normalized spacial score (nSPS) is 15.0. The van der Waals surface area contributed by atoms with Gasteiger partial charge in [-0.05, 0) is 71.8 Å². The molecule has 0 fully saturated rings. The van der Waals surface area contributed by atoms with Crippen LogP contribution in [0, 0.1) is 21.8 Å². The SMILES string of the molecule is CCOc1cc(C2C(C#N)=C(N)Oc3n[nH]c(C)c32)cc(I)c1OCc1ccc(Br)cc1. The third-order valence-electron chi connectivity index (χ3n) is 5.09. The van der Waals surface area contributed by atoms with Crippen molar-refractivity contribution in [3.63, 3.8) is 0 Å². The topological polar surface area (TPSA) is 106 Å². The minimum atomic E-state index is -0.421. The number of ether oxygens (including phenoxy) is 3. The molecule has 1 aromatic heterocycles. The maximum atomic E-state index is 9.81. The summed E-state index contributed by atoms with van der Waals surface area (Å²) in [5, 5.41) is 16.9. The molecule has 3 aromatic rings. The number of nitriles is 1. The predicted octanol–water partition coefficient (Wildman–Crippen LogP) is 5.28. The van der Waals surface area contributed by atoms with Crippen LogP contribution in [0.4, 0.5) is 0 Å². The molecular formula is C23H20BrIN4O3. The Bertz CT molecular complexity index is 1230. The average Bonchev–Trinajstić information content (AvgIpc) is 3.13. The van der Waals surface area contributed by atoms with Crippen molar-refractivity contribution >= 4 is 38.5 Å². The summed E-state index contributed by atoms with van der Waals surface area (Å²) in [6, 6.07) is 14.1. The molecule has 32 heavy (non-hydrogen) atoms. The summed E-state index contributed by atoms with van der Waals surface area (Å²) in [5.41, 5.74) is 9.88. The van der Waals surface area contributed by atoms with Gasteiger partial charge in [0.2, 0.25) is 11.8 Å². The zero-order valence-corrected chi connectivity index (χ0v) is 21.2. The molecule has 9 heteroatoms. The molecule has 1 aliphatic heterocycles. The van der Waals surface area contributed by atoms with Gasteiger partial charge in [-0.15, -0.1) is 5.10 Å². The van der Waals surface area contributed by atoms with E-state index >= 15 is 0 Å². The van der Waals surface area contributed by atoms with Crippen LogP contribution in [-0.2, 0) is 6.61 Å². The summed E-state index contributed by atoms with van der Waals surface area (Å²) in [6.07, 6.45) is 0. The standard InChI is InChI=1S/C23H20BrIN4O3/c1-3-30-18-9-14(8-17(25)21(18)31-11-13-4-6-15(24)7-5-13)20-16(10-26)22(27)32-23-19(20)12(2)28-29-23/h4-9,20H,3,11,27H2,1-2H3,(H,28,29). The molecule has 0 bridgehead atoms. The van der Waals surface area contributed by atoms with Gasteiger partial charge in [-0.25, -0.2) is 0 Å². The maximum absolute atomic E-state index is 9.81. The van der Waals surface area contributed by atoms with Gasteiger partial charge in [0.15, 0.2) is 11.5 Å². The Morgan fingerprint density at radius 3 is 2.72 bits per heavy atom. The summed E-state index contributed by atoms with van der Waals surface area (Å²) in [6.45, 7) is 4.69. The fraction of sp³-hybridized carbons (Fsp3) is 0.217. The number of fused-ring (bicyclic) bond motifs is 1. The lowest BCUT2D eigenvalue weighted by atomic mass is 9.84. The smallest absolute Gasteiger partial charge is 0.244 e. The second-order valence-corrected chi connectivity index (χ2v) is 9.25. The second kappa shape index (κ2) is 9.42. The van der Waals surface area contributed by atoms with E-state index in [-0.39, 0.29) is 5.88 Å². The number of halogens is 2. The van der Waals surface area contributed by atoms with E-state index in [1.54, 1.807) is 0 Å². The lowest BCUT2D eigenvalue weighted by Crippen LogP contribution is -2.21. The van der Waals surface area contributed by atoms with Crippen LogP contribution in [0.15, 0.2) is 52.3 Å². The third kappa shape index (κ3) is 4.29. The van der Waals surface area contributed by atoms with Crippen molar-refractivity contribution in [1.29, 1.82) is 5.26 Å². The van der Waals surface area contributed by atoms with E-state index in [1.807, 2.05) is 50.2 Å². The number of aryl methyl sites for hydroxylation is 1. The van der Waals surface area contributed by atoms with Crippen molar-refractivity contribution in [1.82, 2.24) is 10.2 Å². The number of aromatic nitrogens is 2. The minimum Gasteiger partial charge on any atom is -0.490 e. The van der Waals surface area contributed by atoms with Gasteiger partial charge in [0.05, 0.1) is 16.1 Å². The highest BCUT2D eigenvalue weighted by Crippen LogP contribution is 2.45. The van der Waals surface area contributed by atoms with E-state index in [2.05, 4.69) is 54.8 Å². The summed E-state index contributed by atoms with van der Waals surface area (Å²) in [7, 11) is 0. The number of allylic oxidation sites excluding steroid dienone is 1. The largest absolute Gasteiger partial charge is 0.490 e. The van der Waals surface area contributed by atoms with Crippen LogP contribution in [0.1, 0.15) is 35.2 Å². The molecule has 0 saturated heterocycles. The Kier molecular flexibility index (Phi) is 6.62. The number of nitrogens with one attached hydrogen (secondary N) is 1. The molecule has 2 heterocycles. The number of hydrogen-bond donors (Lipinski definition) is 2. The number of hydrogen-bond acceptors (Lipinski definition) is 6. The molecule has 1 unspecified atom stereocenters. The molecule has 0 spiro atoms. The van der Waals surface area contributed by atoms with Crippen LogP contribution in [0.25, 0.3) is 0 Å². The molecular weight excluding hydrogens is 587 g/mol. The van der Waals surface area contributed by atoms with Crippen LogP contribution < -0.4 is 19.9 Å². The Balaban J connectivity index is 1.75. The average molecular weight is 607 g/mol. The van der Waals surface area contributed by atoms with Gasteiger partial charge in [0, 0.05) is 15.7 Å². The van der Waals surface area contributed by atoms with Crippen molar-refractivity contribution in [2.24, 2.45) is 5.73 Å². The fourth-order valence-corrected chi connectivity index (χ4v) is 4.67. The van der Waals surface area contributed by atoms with Crippen molar-refractivity contribution < 1.29 is 14.2 Å². The molecule has 164 valence electrons.